The van der Waals surface area contributed by atoms with Gasteiger partial charge >= 0.3 is 5.97 Å². The summed E-state index contributed by atoms with van der Waals surface area (Å²) in [6.07, 6.45) is -0.264. The fourth-order valence-electron chi connectivity index (χ4n) is 1.91. The summed E-state index contributed by atoms with van der Waals surface area (Å²) >= 11 is 0. The summed E-state index contributed by atoms with van der Waals surface area (Å²) in [6.45, 7) is 1.32. The van der Waals surface area contributed by atoms with Gasteiger partial charge in [-0.05, 0) is 19.8 Å². The maximum atomic E-state index is 11.7. The van der Waals surface area contributed by atoms with Crippen molar-refractivity contribution in [2.75, 3.05) is 0 Å². The monoisotopic (exact) mass is 213 g/mol. The number of fused-ring (bicyclic) bond motifs is 2. The fourth-order valence-corrected chi connectivity index (χ4v) is 1.91. The topological polar surface area (TPSA) is 83.9 Å². The van der Waals surface area contributed by atoms with E-state index >= 15 is 0 Å². The van der Waals surface area contributed by atoms with Gasteiger partial charge in [0.15, 0.2) is 0 Å². The summed E-state index contributed by atoms with van der Waals surface area (Å²) in [4.78, 5) is 34.9. The van der Waals surface area contributed by atoms with E-state index < -0.39 is 36.0 Å². The minimum atomic E-state index is -1.18. The third-order valence-electron chi connectivity index (χ3n) is 2.79. The van der Waals surface area contributed by atoms with Crippen LogP contribution in [0.1, 0.15) is 19.8 Å². The molecule has 6 nitrogen and oxygen atoms in total. The highest BCUT2D eigenvalue weighted by Crippen LogP contribution is 2.29. The lowest BCUT2D eigenvalue weighted by molar-refractivity contribution is -0.175. The number of carboxylic acid groups (broad SMARTS) is 1. The van der Waals surface area contributed by atoms with Crippen molar-refractivity contribution in [3.05, 3.63) is 0 Å². The first kappa shape index (κ1) is 10.1. The van der Waals surface area contributed by atoms with Crippen LogP contribution in [0, 0.1) is 0 Å². The number of rotatable bonds is 2. The molecule has 82 valence electrons. The Balaban J connectivity index is 2.27. The number of ether oxygens (including phenoxy) is 1. The molecule has 1 N–H and O–H groups in total. The lowest BCUT2D eigenvalue weighted by atomic mass is 10.2. The molecule has 2 amide bonds. The molecule has 6 heteroatoms. The molecule has 2 aliphatic heterocycles. The average molecular weight is 213 g/mol. The van der Waals surface area contributed by atoms with Gasteiger partial charge in [-0.2, -0.15) is 0 Å². The van der Waals surface area contributed by atoms with Gasteiger partial charge in [-0.25, -0.2) is 4.79 Å². The van der Waals surface area contributed by atoms with E-state index in [1.165, 1.54) is 6.92 Å². The third-order valence-corrected chi connectivity index (χ3v) is 2.79. The molecular weight excluding hydrogens is 202 g/mol. The highest BCUT2D eigenvalue weighted by Gasteiger charge is 2.49. The molecule has 0 aromatic rings. The molecule has 2 bridgehead atoms. The highest BCUT2D eigenvalue weighted by molar-refractivity contribution is 6.05. The Morgan fingerprint density at radius 1 is 1.40 bits per heavy atom. The molecule has 2 saturated heterocycles. The second kappa shape index (κ2) is 3.30. The quantitative estimate of drug-likeness (QED) is 0.618. The molecular formula is C9H11NO5. The molecule has 2 fully saturated rings. The first-order valence-electron chi connectivity index (χ1n) is 4.77. The molecule has 0 radical (unpaired) electrons. The number of hydrogen-bond donors (Lipinski definition) is 1. The predicted octanol–water partition coefficient (Wildman–Crippen LogP) is -0.624. The van der Waals surface area contributed by atoms with Crippen LogP contribution < -0.4 is 0 Å². The van der Waals surface area contributed by atoms with Crippen molar-refractivity contribution < 1.29 is 24.2 Å². The Bertz CT molecular complexity index is 317. The second-order valence-electron chi connectivity index (χ2n) is 3.75. The van der Waals surface area contributed by atoms with Crippen LogP contribution in [0.2, 0.25) is 0 Å². The van der Waals surface area contributed by atoms with E-state index in [4.69, 9.17) is 9.84 Å². The summed E-state index contributed by atoms with van der Waals surface area (Å²) in [5.41, 5.74) is 0. The van der Waals surface area contributed by atoms with E-state index in [2.05, 4.69) is 0 Å². The predicted molar refractivity (Wildman–Crippen MR) is 46.8 cm³/mol. The highest BCUT2D eigenvalue weighted by atomic mass is 16.5. The Hall–Kier alpha value is -1.43. The number of carbonyl (C=O) groups is 3. The largest absolute Gasteiger partial charge is 0.480 e. The molecule has 0 aromatic carbocycles. The number of morpholine rings is 1. The number of carboxylic acids is 1. The number of aliphatic carboxylic acids is 1. The van der Waals surface area contributed by atoms with E-state index in [0.29, 0.717) is 12.8 Å². The van der Waals surface area contributed by atoms with E-state index in [1.807, 2.05) is 0 Å². The summed E-state index contributed by atoms with van der Waals surface area (Å²) < 4.78 is 5.15. The Morgan fingerprint density at radius 2 is 1.87 bits per heavy atom. The van der Waals surface area contributed by atoms with Gasteiger partial charge in [0.05, 0.1) is 0 Å². The van der Waals surface area contributed by atoms with Gasteiger partial charge in [-0.3, -0.25) is 14.5 Å². The molecule has 3 unspecified atom stereocenters. The number of nitrogens with zero attached hydrogens (tertiary/aromatic N) is 1. The Labute approximate surface area is 85.8 Å². The van der Waals surface area contributed by atoms with Crippen molar-refractivity contribution in [2.45, 2.75) is 38.0 Å². The van der Waals surface area contributed by atoms with Gasteiger partial charge in [0.1, 0.15) is 18.2 Å². The first-order chi connectivity index (χ1) is 7.02. The van der Waals surface area contributed by atoms with Gasteiger partial charge < -0.3 is 9.84 Å². The van der Waals surface area contributed by atoms with Crippen LogP contribution in [-0.4, -0.2) is 46.0 Å². The van der Waals surface area contributed by atoms with E-state index in [1.54, 1.807) is 0 Å². The molecule has 15 heavy (non-hydrogen) atoms. The molecule has 0 spiro atoms. The number of carbonyl (C=O) groups excluding carboxylic acids is 2. The van der Waals surface area contributed by atoms with Gasteiger partial charge in [-0.1, -0.05) is 0 Å². The number of amides is 2. The van der Waals surface area contributed by atoms with Crippen molar-refractivity contribution in [1.82, 2.24) is 4.90 Å². The second-order valence-corrected chi connectivity index (χ2v) is 3.75. The van der Waals surface area contributed by atoms with Crippen molar-refractivity contribution in [3.8, 4) is 0 Å². The summed E-state index contributed by atoms with van der Waals surface area (Å²) in [5, 5.41) is 8.78. The smallest absolute Gasteiger partial charge is 0.326 e. The molecule has 0 saturated carbocycles. The fraction of sp³-hybridized carbons (Fsp3) is 0.667. The van der Waals surface area contributed by atoms with Crippen LogP contribution >= 0.6 is 0 Å². The Kier molecular flexibility index (Phi) is 2.22. The van der Waals surface area contributed by atoms with Gasteiger partial charge in [0.25, 0.3) is 11.8 Å². The van der Waals surface area contributed by atoms with Gasteiger partial charge in [0.2, 0.25) is 0 Å². The zero-order valence-corrected chi connectivity index (χ0v) is 8.17. The summed E-state index contributed by atoms with van der Waals surface area (Å²) in [7, 11) is 0. The van der Waals surface area contributed by atoms with Crippen LogP contribution in [0.15, 0.2) is 0 Å². The molecule has 2 rings (SSSR count). The maximum Gasteiger partial charge on any atom is 0.326 e. The molecule has 0 aromatic heterocycles. The molecule has 0 aliphatic carbocycles. The first-order valence-corrected chi connectivity index (χ1v) is 4.77. The molecule has 2 heterocycles. The van der Waals surface area contributed by atoms with Crippen molar-refractivity contribution in [3.63, 3.8) is 0 Å². The van der Waals surface area contributed by atoms with E-state index in [0.717, 1.165) is 4.90 Å². The van der Waals surface area contributed by atoms with E-state index in [9.17, 15) is 14.4 Å². The zero-order chi connectivity index (χ0) is 11.2. The van der Waals surface area contributed by atoms with E-state index in [-0.39, 0.29) is 0 Å². The van der Waals surface area contributed by atoms with Gasteiger partial charge in [0, 0.05) is 0 Å². The van der Waals surface area contributed by atoms with Crippen LogP contribution in [-0.2, 0) is 19.1 Å². The van der Waals surface area contributed by atoms with Crippen LogP contribution in [0.3, 0.4) is 0 Å². The average Bonchev–Trinajstić information content (AvgIpc) is 2.61. The lowest BCUT2D eigenvalue weighted by Gasteiger charge is -2.32. The van der Waals surface area contributed by atoms with Crippen LogP contribution in [0.25, 0.3) is 0 Å². The standard InChI is InChI=1S/C9H11NO5/c1-4(9(13)14)10-7(11)5-2-3-6(15-5)8(10)12/h4-6H,2-3H2,1H3,(H,13,14). The van der Waals surface area contributed by atoms with Crippen molar-refractivity contribution in [2.24, 2.45) is 0 Å². The number of hydrogen-bond acceptors (Lipinski definition) is 4. The van der Waals surface area contributed by atoms with Crippen molar-refractivity contribution in [1.29, 1.82) is 0 Å². The third kappa shape index (κ3) is 1.41. The maximum absolute atomic E-state index is 11.7. The van der Waals surface area contributed by atoms with Crippen molar-refractivity contribution >= 4 is 17.8 Å². The zero-order valence-electron chi connectivity index (χ0n) is 8.17. The molecule has 2 aliphatic rings. The SMILES string of the molecule is CC(C(=O)O)N1C(=O)C2CCC(O2)C1=O. The minimum absolute atomic E-state index is 0.498. The number of imide groups is 1. The normalized spacial score (nSPS) is 31.9. The Morgan fingerprint density at radius 3 is 2.27 bits per heavy atom. The van der Waals surface area contributed by atoms with Crippen LogP contribution in [0.4, 0.5) is 0 Å². The minimum Gasteiger partial charge on any atom is -0.480 e. The molecule has 3 atom stereocenters. The summed E-state index contributed by atoms with van der Waals surface area (Å²) in [5.74, 6) is -2.23. The lowest BCUT2D eigenvalue weighted by Crippen LogP contribution is -2.57. The van der Waals surface area contributed by atoms with Gasteiger partial charge in [-0.15, -0.1) is 0 Å². The summed E-state index contributed by atoms with van der Waals surface area (Å²) in [6, 6.07) is -1.11. The van der Waals surface area contributed by atoms with Crippen LogP contribution in [0.5, 0.6) is 0 Å². The number of likely N-dealkylation sites (tertiary alicyclic amines) is 1.